The third-order valence-corrected chi connectivity index (χ3v) is 5.34. The van der Waals surface area contributed by atoms with Crippen LogP contribution in [0.1, 0.15) is 28.1 Å². The van der Waals surface area contributed by atoms with Gasteiger partial charge in [-0.3, -0.25) is 4.79 Å². The average Bonchev–Trinajstić information content (AvgIpc) is 2.92. The van der Waals surface area contributed by atoms with Crippen LogP contribution in [0.3, 0.4) is 0 Å². The second kappa shape index (κ2) is 8.35. The Morgan fingerprint density at radius 3 is 2.56 bits per heavy atom. The van der Waals surface area contributed by atoms with Crippen molar-refractivity contribution < 1.29 is 4.79 Å². The lowest BCUT2D eigenvalue weighted by Gasteiger charge is -2.11. The number of benzene rings is 2. The summed E-state index contributed by atoms with van der Waals surface area (Å²) in [5, 5.41) is 4.13. The number of halogens is 1. The van der Waals surface area contributed by atoms with E-state index in [0.717, 1.165) is 32.7 Å². The first-order chi connectivity index (χ1) is 13.0. The monoisotopic (exact) mass is 423 g/mol. The molecule has 3 rings (SSSR count). The minimum Gasteiger partial charge on any atom is -0.318 e. The largest absolute Gasteiger partial charge is 0.318 e. The topological polar surface area (TPSA) is 46.4 Å². The molecule has 4 nitrogen and oxygen atoms in total. The molecule has 1 aromatic heterocycles. The van der Waals surface area contributed by atoms with Crippen molar-refractivity contribution in [1.29, 1.82) is 0 Å². The van der Waals surface area contributed by atoms with Crippen molar-refractivity contribution in [3.8, 4) is 5.69 Å². The summed E-state index contributed by atoms with van der Waals surface area (Å²) >= 11 is 3.60. The highest BCUT2D eigenvalue weighted by molar-refractivity contribution is 9.10. The number of carbonyl (C=O) groups is 1. The molecule has 0 saturated carbocycles. The van der Waals surface area contributed by atoms with Crippen LogP contribution in [-0.2, 0) is 11.2 Å². The van der Waals surface area contributed by atoms with Gasteiger partial charge >= 0.3 is 0 Å². The molecule has 0 fully saturated rings. The van der Waals surface area contributed by atoms with Gasteiger partial charge in [-0.15, -0.1) is 0 Å². The van der Waals surface area contributed by atoms with E-state index >= 15 is 0 Å². The van der Waals surface area contributed by atoms with E-state index in [-0.39, 0.29) is 5.91 Å². The molecule has 0 radical (unpaired) electrons. The zero-order valence-electron chi connectivity index (χ0n) is 15.7. The number of nitrogens with zero attached hydrogens (tertiary/aromatic N) is 2. The molecule has 138 valence electrons. The minimum absolute atomic E-state index is 0.131. The van der Waals surface area contributed by atoms with E-state index in [9.17, 15) is 4.79 Å². The van der Waals surface area contributed by atoms with Crippen molar-refractivity contribution in [3.63, 3.8) is 0 Å². The van der Waals surface area contributed by atoms with Gasteiger partial charge in [-0.1, -0.05) is 52.3 Å². The zero-order valence-corrected chi connectivity index (χ0v) is 17.2. The first-order valence-electron chi connectivity index (χ1n) is 8.77. The number of hydrogen-bond donors (Lipinski definition) is 1. The molecular formula is C22H22BrN3O. The summed E-state index contributed by atoms with van der Waals surface area (Å²) in [6.07, 6.45) is 2.01. The number of nitrogens with one attached hydrogen (secondary N) is 1. The van der Waals surface area contributed by atoms with Crippen molar-refractivity contribution in [2.24, 2.45) is 5.10 Å². The van der Waals surface area contributed by atoms with Crippen LogP contribution in [0, 0.1) is 20.8 Å². The van der Waals surface area contributed by atoms with Crippen LogP contribution in [0.15, 0.2) is 64.2 Å². The van der Waals surface area contributed by atoms with Gasteiger partial charge in [-0.05, 0) is 50.1 Å². The van der Waals surface area contributed by atoms with Gasteiger partial charge in [0.05, 0.1) is 12.6 Å². The van der Waals surface area contributed by atoms with Crippen LogP contribution < -0.4 is 5.43 Å². The Balaban J connectivity index is 1.73. The van der Waals surface area contributed by atoms with Crippen LogP contribution in [0.5, 0.6) is 0 Å². The van der Waals surface area contributed by atoms with Gasteiger partial charge in [0, 0.05) is 27.1 Å². The van der Waals surface area contributed by atoms with E-state index in [1.165, 1.54) is 5.56 Å². The summed E-state index contributed by atoms with van der Waals surface area (Å²) in [5.41, 5.74) is 9.02. The van der Waals surface area contributed by atoms with Gasteiger partial charge in [-0.25, -0.2) is 5.43 Å². The lowest BCUT2D eigenvalue weighted by molar-refractivity contribution is -0.120. The Kier molecular flexibility index (Phi) is 5.91. The maximum absolute atomic E-state index is 12.0. The van der Waals surface area contributed by atoms with Crippen molar-refractivity contribution in [1.82, 2.24) is 9.99 Å². The molecule has 1 amide bonds. The lowest BCUT2D eigenvalue weighted by Crippen LogP contribution is -2.19. The molecule has 0 unspecified atom stereocenters. The van der Waals surface area contributed by atoms with Gasteiger partial charge in [-0.2, -0.15) is 5.10 Å². The zero-order chi connectivity index (χ0) is 19.4. The molecule has 27 heavy (non-hydrogen) atoms. The summed E-state index contributed by atoms with van der Waals surface area (Å²) in [4.78, 5) is 12.0. The molecule has 1 N–H and O–H groups in total. The Morgan fingerprint density at radius 1 is 1.11 bits per heavy atom. The second-order valence-electron chi connectivity index (χ2n) is 6.55. The Labute approximate surface area is 168 Å². The van der Waals surface area contributed by atoms with Crippen molar-refractivity contribution in [2.45, 2.75) is 27.2 Å². The predicted molar refractivity (Wildman–Crippen MR) is 114 cm³/mol. The number of aromatic nitrogens is 1. The van der Waals surface area contributed by atoms with Gasteiger partial charge in [0.1, 0.15) is 0 Å². The van der Waals surface area contributed by atoms with E-state index in [2.05, 4.69) is 69.1 Å². The smallest absolute Gasteiger partial charge is 0.244 e. The molecule has 0 bridgehead atoms. The third kappa shape index (κ3) is 4.55. The highest BCUT2D eigenvalue weighted by Crippen LogP contribution is 2.24. The number of amides is 1. The van der Waals surface area contributed by atoms with E-state index in [1.54, 1.807) is 6.21 Å². The summed E-state index contributed by atoms with van der Waals surface area (Å²) in [6.45, 7) is 6.18. The molecule has 0 saturated heterocycles. The van der Waals surface area contributed by atoms with Crippen LogP contribution >= 0.6 is 15.9 Å². The van der Waals surface area contributed by atoms with E-state index in [4.69, 9.17) is 0 Å². The van der Waals surface area contributed by atoms with Crippen molar-refractivity contribution in [3.05, 3.63) is 87.1 Å². The maximum Gasteiger partial charge on any atom is 0.244 e. The number of hydrogen-bond acceptors (Lipinski definition) is 2. The molecular weight excluding hydrogens is 402 g/mol. The number of hydrazone groups is 1. The minimum atomic E-state index is -0.131. The molecule has 0 aliphatic rings. The molecule has 2 aromatic carbocycles. The van der Waals surface area contributed by atoms with Gasteiger partial charge in [0.2, 0.25) is 5.91 Å². The fourth-order valence-corrected chi connectivity index (χ4v) is 3.40. The first-order valence-corrected chi connectivity index (χ1v) is 9.56. The molecule has 0 atom stereocenters. The fraction of sp³-hybridized carbons (Fsp3) is 0.182. The summed E-state index contributed by atoms with van der Waals surface area (Å²) < 4.78 is 3.26. The van der Waals surface area contributed by atoms with E-state index < -0.39 is 0 Å². The number of carbonyl (C=O) groups excluding carboxylic acids is 1. The fourth-order valence-electron chi connectivity index (χ4n) is 3.03. The van der Waals surface area contributed by atoms with E-state index in [0.29, 0.717) is 6.42 Å². The average molecular weight is 424 g/mol. The van der Waals surface area contributed by atoms with Crippen LogP contribution in [-0.4, -0.2) is 16.7 Å². The molecule has 3 aromatic rings. The number of rotatable bonds is 5. The molecule has 0 aliphatic carbocycles. The van der Waals surface area contributed by atoms with Crippen molar-refractivity contribution in [2.75, 3.05) is 0 Å². The summed E-state index contributed by atoms with van der Waals surface area (Å²) in [7, 11) is 0. The summed E-state index contributed by atoms with van der Waals surface area (Å²) in [6, 6.07) is 18.0. The van der Waals surface area contributed by atoms with Crippen LogP contribution in [0.25, 0.3) is 5.69 Å². The second-order valence-corrected chi connectivity index (χ2v) is 7.41. The number of aryl methyl sites for hydroxylation is 2. The van der Waals surface area contributed by atoms with Gasteiger partial charge in [0.25, 0.3) is 0 Å². The third-order valence-electron chi connectivity index (χ3n) is 4.48. The SMILES string of the molecule is Cc1ccc(-n2c(C)cc(/C=N\NC(=O)Cc3ccccc3)c2C)cc1Br. The molecule has 5 heteroatoms. The summed E-state index contributed by atoms with van der Waals surface area (Å²) in [5.74, 6) is -0.131. The van der Waals surface area contributed by atoms with Gasteiger partial charge in [0.15, 0.2) is 0 Å². The lowest BCUT2D eigenvalue weighted by atomic mass is 10.1. The van der Waals surface area contributed by atoms with Crippen LogP contribution in [0.4, 0.5) is 0 Å². The van der Waals surface area contributed by atoms with E-state index in [1.807, 2.05) is 37.3 Å². The maximum atomic E-state index is 12.0. The Bertz CT molecular complexity index is 990. The van der Waals surface area contributed by atoms with Gasteiger partial charge < -0.3 is 4.57 Å². The first kappa shape index (κ1) is 19.1. The highest BCUT2D eigenvalue weighted by Gasteiger charge is 2.10. The van der Waals surface area contributed by atoms with Crippen LogP contribution in [0.2, 0.25) is 0 Å². The predicted octanol–water partition coefficient (Wildman–Crippen LogP) is 4.86. The molecule has 0 spiro atoms. The Hall–Kier alpha value is -2.66. The highest BCUT2D eigenvalue weighted by atomic mass is 79.9. The normalized spacial score (nSPS) is 11.1. The standard InChI is InChI=1S/C22H22BrN3O/c1-15-9-10-20(13-21(15)23)26-16(2)11-19(17(26)3)14-24-25-22(27)12-18-7-5-4-6-8-18/h4-11,13-14H,12H2,1-3H3,(H,25,27)/b24-14-. The quantitative estimate of drug-likeness (QED) is 0.462. The Morgan fingerprint density at radius 2 is 1.85 bits per heavy atom. The molecule has 1 heterocycles. The van der Waals surface area contributed by atoms with Crippen molar-refractivity contribution >= 4 is 28.1 Å². The molecule has 0 aliphatic heterocycles.